The number of thiophene rings is 1. The fourth-order valence-corrected chi connectivity index (χ4v) is 5.32. The first-order valence-corrected chi connectivity index (χ1v) is 10.6. The van der Waals surface area contributed by atoms with Crippen LogP contribution >= 0.6 is 11.3 Å². The molecule has 0 unspecified atom stereocenters. The molecule has 1 aromatic carbocycles. The Hall–Kier alpha value is -1.70. The van der Waals surface area contributed by atoms with Crippen LogP contribution in [0.15, 0.2) is 29.2 Å². The van der Waals surface area contributed by atoms with Gasteiger partial charge in [0.15, 0.2) is 0 Å². The third-order valence-corrected chi connectivity index (χ3v) is 7.11. The van der Waals surface area contributed by atoms with Gasteiger partial charge in [-0.2, -0.15) is 0 Å². The van der Waals surface area contributed by atoms with Crippen LogP contribution in [0.4, 0.5) is 0 Å². The van der Waals surface area contributed by atoms with E-state index in [1.165, 1.54) is 21.8 Å². The van der Waals surface area contributed by atoms with Crippen LogP contribution in [0.25, 0.3) is 0 Å². The number of carbonyl (C=O) groups is 1. The molecule has 7 heteroatoms. The van der Waals surface area contributed by atoms with Gasteiger partial charge in [-0.3, -0.25) is 10.2 Å². The first-order chi connectivity index (χ1) is 11.8. The molecule has 1 aliphatic carbocycles. The average molecular weight is 379 g/mol. The van der Waals surface area contributed by atoms with Gasteiger partial charge < -0.3 is 0 Å². The highest BCUT2D eigenvalue weighted by Crippen LogP contribution is 2.32. The first-order valence-electron chi connectivity index (χ1n) is 8.27. The number of rotatable bonds is 4. The molecule has 134 valence electrons. The zero-order valence-electron chi connectivity index (χ0n) is 14.5. The molecule has 3 rings (SSSR count). The van der Waals surface area contributed by atoms with Crippen molar-refractivity contribution >= 4 is 27.3 Å². The molecule has 0 saturated carbocycles. The van der Waals surface area contributed by atoms with Gasteiger partial charge in [-0.1, -0.05) is 19.1 Å². The minimum Gasteiger partial charge on any atom is -0.273 e. The second-order valence-electron chi connectivity index (χ2n) is 6.74. The van der Waals surface area contributed by atoms with Gasteiger partial charge in [0.25, 0.3) is 15.9 Å². The van der Waals surface area contributed by atoms with Crippen LogP contribution < -0.4 is 10.3 Å². The lowest BCUT2D eigenvalue weighted by atomic mass is 9.90. The van der Waals surface area contributed by atoms with E-state index in [9.17, 15) is 13.2 Å². The van der Waals surface area contributed by atoms with Gasteiger partial charge in [-0.05, 0) is 67.9 Å². The van der Waals surface area contributed by atoms with Crippen molar-refractivity contribution in [3.63, 3.8) is 0 Å². The molecule has 1 aliphatic rings. The Bertz CT molecular complexity index is 916. The van der Waals surface area contributed by atoms with Gasteiger partial charge in [0.1, 0.15) is 0 Å². The van der Waals surface area contributed by atoms with E-state index >= 15 is 0 Å². The van der Waals surface area contributed by atoms with Crippen LogP contribution in [0.5, 0.6) is 0 Å². The monoisotopic (exact) mass is 378 g/mol. The standard InChI is InChI=1S/C18H22N2O3S2/c1-11-5-7-15-14(8-11)10-16(24-15)18(21)19-20-25(22,23)17-9-12(2)4-6-13(17)3/h4,6,9-11,20H,5,7-8H2,1-3H3,(H,19,21)/t11-/m0/s1. The molecule has 0 radical (unpaired) electrons. The highest BCUT2D eigenvalue weighted by Gasteiger charge is 2.22. The number of nitrogens with one attached hydrogen (secondary N) is 2. The van der Waals surface area contributed by atoms with Gasteiger partial charge in [0.2, 0.25) is 0 Å². The zero-order chi connectivity index (χ0) is 18.2. The van der Waals surface area contributed by atoms with Gasteiger partial charge in [-0.15, -0.1) is 16.2 Å². The van der Waals surface area contributed by atoms with Gasteiger partial charge in [-0.25, -0.2) is 8.42 Å². The first kappa shape index (κ1) is 18.1. The second-order valence-corrected chi connectivity index (χ2v) is 9.52. The normalized spacial score (nSPS) is 17.2. The summed E-state index contributed by atoms with van der Waals surface area (Å²) in [6.07, 6.45) is 3.10. The topological polar surface area (TPSA) is 75.3 Å². The summed E-state index contributed by atoms with van der Waals surface area (Å²) in [6.45, 7) is 5.76. The Labute approximate surface area is 152 Å². The largest absolute Gasteiger partial charge is 0.276 e. The van der Waals surface area contributed by atoms with Crippen molar-refractivity contribution in [2.45, 2.75) is 44.9 Å². The molecule has 1 aromatic heterocycles. The Morgan fingerprint density at radius 2 is 2.00 bits per heavy atom. The highest BCUT2D eigenvalue weighted by atomic mass is 32.2. The number of carbonyl (C=O) groups excluding carboxylic acids is 1. The molecule has 5 nitrogen and oxygen atoms in total. The summed E-state index contributed by atoms with van der Waals surface area (Å²) >= 11 is 1.45. The summed E-state index contributed by atoms with van der Waals surface area (Å²) in [5.41, 5.74) is 5.03. The molecule has 2 N–H and O–H groups in total. The summed E-state index contributed by atoms with van der Waals surface area (Å²) in [4.78, 5) is 16.5. The fraction of sp³-hybridized carbons (Fsp3) is 0.389. The number of benzene rings is 1. The minimum atomic E-state index is -3.80. The van der Waals surface area contributed by atoms with E-state index in [1.54, 1.807) is 19.1 Å². The van der Waals surface area contributed by atoms with Crippen LogP contribution in [0.2, 0.25) is 0 Å². The van der Waals surface area contributed by atoms with Crippen LogP contribution in [0.1, 0.15) is 44.6 Å². The fourth-order valence-electron chi connectivity index (χ4n) is 3.04. The molecule has 0 aliphatic heterocycles. The summed E-state index contributed by atoms with van der Waals surface area (Å²) in [5.74, 6) is 0.210. The van der Waals surface area contributed by atoms with E-state index in [0.717, 1.165) is 24.8 Å². The number of hydrogen-bond donors (Lipinski definition) is 2. The molecule has 0 spiro atoms. The van der Waals surface area contributed by atoms with Crippen LogP contribution in [-0.2, 0) is 22.9 Å². The molecule has 1 atom stereocenters. The van der Waals surface area contributed by atoms with Crippen LogP contribution in [0, 0.1) is 19.8 Å². The van der Waals surface area contributed by atoms with E-state index in [1.807, 2.05) is 19.1 Å². The van der Waals surface area contributed by atoms with Crippen molar-refractivity contribution in [3.05, 3.63) is 50.7 Å². The van der Waals surface area contributed by atoms with Crippen LogP contribution in [0.3, 0.4) is 0 Å². The molecular weight excluding hydrogens is 356 g/mol. The Balaban J connectivity index is 1.73. The maximum absolute atomic E-state index is 12.5. The third-order valence-electron chi connectivity index (χ3n) is 4.49. The molecule has 0 bridgehead atoms. The van der Waals surface area contributed by atoms with Gasteiger partial charge in [0, 0.05) is 4.88 Å². The highest BCUT2D eigenvalue weighted by molar-refractivity contribution is 7.89. The van der Waals surface area contributed by atoms with E-state index in [2.05, 4.69) is 17.2 Å². The van der Waals surface area contributed by atoms with Gasteiger partial charge >= 0.3 is 0 Å². The van der Waals surface area contributed by atoms with Crippen molar-refractivity contribution in [1.29, 1.82) is 0 Å². The lowest BCUT2D eigenvalue weighted by Crippen LogP contribution is -2.41. The Morgan fingerprint density at radius 1 is 1.24 bits per heavy atom. The minimum absolute atomic E-state index is 0.173. The number of hydrazine groups is 1. The van der Waals surface area contributed by atoms with Gasteiger partial charge in [0.05, 0.1) is 9.77 Å². The molecule has 25 heavy (non-hydrogen) atoms. The Kier molecular flexibility index (Phi) is 4.99. The molecule has 2 aromatic rings. The van der Waals surface area contributed by atoms with Crippen molar-refractivity contribution in [2.24, 2.45) is 5.92 Å². The van der Waals surface area contributed by atoms with E-state index in [0.29, 0.717) is 16.4 Å². The predicted octanol–water partition coefficient (Wildman–Crippen LogP) is 3.11. The molecule has 1 amide bonds. The summed E-state index contributed by atoms with van der Waals surface area (Å²) in [5, 5.41) is 0. The van der Waals surface area contributed by atoms with Crippen molar-refractivity contribution in [2.75, 3.05) is 0 Å². The quantitative estimate of drug-likeness (QED) is 0.803. The smallest absolute Gasteiger partial charge is 0.273 e. The maximum atomic E-state index is 12.5. The number of fused-ring (bicyclic) bond motifs is 1. The summed E-state index contributed by atoms with van der Waals surface area (Å²) in [6, 6.07) is 7.08. The predicted molar refractivity (Wildman–Crippen MR) is 99.2 cm³/mol. The maximum Gasteiger partial charge on any atom is 0.276 e. The van der Waals surface area contributed by atoms with E-state index < -0.39 is 15.9 Å². The lowest BCUT2D eigenvalue weighted by molar-refractivity contribution is 0.0949. The average Bonchev–Trinajstić information content (AvgIpc) is 2.98. The second kappa shape index (κ2) is 6.90. The number of aryl methyl sites for hydroxylation is 3. The van der Waals surface area contributed by atoms with E-state index in [4.69, 9.17) is 0 Å². The summed E-state index contributed by atoms with van der Waals surface area (Å²) < 4.78 is 24.9. The Morgan fingerprint density at radius 3 is 2.76 bits per heavy atom. The molecular formula is C18H22N2O3S2. The van der Waals surface area contributed by atoms with Crippen molar-refractivity contribution < 1.29 is 13.2 Å². The SMILES string of the molecule is Cc1ccc(C)c(S(=O)(=O)NNC(=O)c2cc3c(s2)CC[C@H](C)C3)c1. The molecule has 0 saturated heterocycles. The number of hydrogen-bond acceptors (Lipinski definition) is 4. The molecule has 0 fully saturated rings. The van der Waals surface area contributed by atoms with Crippen molar-refractivity contribution in [1.82, 2.24) is 10.3 Å². The number of amides is 1. The van der Waals surface area contributed by atoms with E-state index in [-0.39, 0.29) is 4.90 Å². The van der Waals surface area contributed by atoms with Crippen molar-refractivity contribution in [3.8, 4) is 0 Å². The lowest BCUT2D eigenvalue weighted by Gasteiger charge is -2.16. The molecule has 1 heterocycles. The number of sulfonamides is 1. The third kappa shape index (κ3) is 3.94. The zero-order valence-corrected chi connectivity index (χ0v) is 16.2. The van der Waals surface area contributed by atoms with Crippen LogP contribution in [-0.4, -0.2) is 14.3 Å². The summed E-state index contributed by atoms with van der Waals surface area (Å²) in [7, 11) is -3.80.